The number of rotatable bonds is 22. The number of benzene rings is 6. The Labute approximate surface area is 443 Å². The van der Waals surface area contributed by atoms with Gasteiger partial charge in [0.1, 0.15) is 24.7 Å². The summed E-state index contributed by atoms with van der Waals surface area (Å²) < 4.78 is 55.3. The molecular weight excluding hydrogens is 989 g/mol. The van der Waals surface area contributed by atoms with Crippen LogP contribution < -0.4 is 19.6 Å². The summed E-state index contributed by atoms with van der Waals surface area (Å²) in [6.45, 7) is 3.37. The lowest BCUT2D eigenvalue weighted by Crippen LogP contribution is -2.64. The van der Waals surface area contributed by atoms with Gasteiger partial charge in [0.15, 0.2) is 23.5 Å². The van der Waals surface area contributed by atoms with E-state index < -0.39 is 72.6 Å². The maximum atomic E-state index is 14.4. The van der Waals surface area contributed by atoms with Crippen LogP contribution in [0.3, 0.4) is 0 Å². The van der Waals surface area contributed by atoms with Gasteiger partial charge in [0.25, 0.3) is 0 Å². The SMILES string of the molecule is CCCCCC(=O)Oc1ccc(-c2coc3c(OC(=O)CCCCC)c(O[C@@H]4O[C@H](COC(=O)c5ccccc5)[C@@H](OC(=O)c5ccccc5)[C@H](OC(=O)c5ccccc5)[C@H]4OC(=O)c4ccccc4)ccc3c2=O)cc1. The van der Waals surface area contributed by atoms with Gasteiger partial charge in [0.2, 0.25) is 23.6 Å². The zero-order valence-corrected chi connectivity index (χ0v) is 42.4. The molecule has 1 aliphatic rings. The van der Waals surface area contributed by atoms with E-state index in [2.05, 4.69) is 0 Å². The van der Waals surface area contributed by atoms with Crippen molar-refractivity contribution in [3.63, 3.8) is 0 Å². The third kappa shape index (κ3) is 14.1. The standard InChI is InChI=1S/C61H56O16/c1-3-5-11-29-49(62)71-44-33-31-39(32-34-44)46-37-69-52-45(51(46)64)35-36-47(53(52)74-50(63)30-12-6-4-2)72-61-56(77-60(68)43-27-19-10-20-28-43)55(76-59(67)42-25-17-9-18-26-42)54(75-58(66)41-23-15-8-16-24-41)48(73-61)38-70-57(65)40-21-13-7-14-22-40/h7-10,13-28,31-37,48,54-56,61H,3-6,11-12,29-30,38H2,1-2H3/t48-,54-,55+,56-,61-/m1/s1. The number of unbranched alkanes of at least 4 members (excludes halogenated alkanes) is 4. The third-order valence-electron chi connectivity index (χ3n) is 12.4. The van der Waals surface area contributed by atoms with Crippen LogP contribution in [0.1, 0.15) is 107 Å². The van der Waals surface area contributed by atoms with Gasteiger partial charge in [-0.05, 0) is 91.2 Å². The molecule has 1 aliphatic heterocycles. The summed E-state index contributed by atoms with van der Waals surface area (Å²) in [5, 5.41) is -0.0255. The van der Waals surface area contributed by atoms with Crippen molar-refractivity contribution in [1.29, 1.82) is 0 Å². The Bertz CT molecular complexity index is 3200. The fraction of sp³-hybridized carbons (Fsp3) is 0.262. The lowest BCUT2D eigenvalue weighted by molar-refractivity contribution is -0.275. The molecule has 16 nitrogen and oxygen atoms in total. The van der Waals surface area contributed by atoms with Crippen molar-refractivity contribution < 1.29 is 71.1 Å². The van der Waals surface area contributed by atoms with E-state index in [9.17, 15) is 33.6 Å². The molecular formula is C61H56O16. The van der Waals surface area contributed by atoms with Crippen molar-refractivity contribution in [2.24, 2.45) is 0 Å². The second-order valence-electron chi connectivity index (χ2n) is 18.0. The molecule has 0 N–H and O–H groups in total. The van der Waals surface area contributed by atoms with Gasteiger partial charge in [0.05, 0.1) is 33.2 Å². The van der Waals surface area contributed by atoms with Crippen LogP contribution in [-0.4, -0.2) is 73.1 Å². The minimum Gasteiger partial charge on any atom is -0.459 e. The number of hydrogen-bond acceptors (Lipinski definition) is 16. The Morgan fingerprint density at radius 1 is 0.506 bits per heavy atom. The van der Waals surface area contributed by atoms with Crippen molar-refractivity contribution in [3.8, 4) is 28.4 Å². The van der Waals surface area contributed by atoms with E-state index >= 15 is 0 Å². The smallest absolute Gasteiger partial charge is 0.338 e. The van der Waals surface area contributed by atoms with Gasteiger partial charge in [0, 0.05) is 12.8 Å². The van der Waals surface area contributed by atoms with Crippen LogP contribution in [0, 0.1) is 0 Å². The Hall–Kier alpha value is -8.89. The first-order valence-electron chi connectivity index (χ1n) is 25.4. The summed E-state index contributed by atoms with van der Waals surface area (Å²) in [5.74, 6) is -4.94. The van der Waals surface area contributed by atoms with Crippen molar-refractivity contribution in [3.05, 3.63) is 196 Å². The second kappa shape index (κ2) is 26.5. The molecule has 0 spiro atoms. The Kier molecular flexibility index (Phi) is 18.7. The minimum absolute atomic E-state index is 0.0255. The summed E-state index contributed by atoms with van der Waals surface area (Å²) in [7, 11) is 0. The molecule has 1 aromatic heterocycles. The average Bonchev–Trinajstić information content (AvgIpc) is 3.47. The zero-order valence-electron chi connectivity index (χ0n) is 42.4. The van der Waals surface area contributed by atoms with Crippen molar-refractivity contribution >= 4 is 46.8 Å². The highest BCUT2D eigenvalue weighted by Crippen LogP contribution is 2.40. The van der Waals surface area contributed by atoms with Gasteiger partial charge in [-0.2, -0.15) is 0 Å². The first-order chi connectivity index (χ1) is 37.5. The molecule has 5 atom stereocenters. The predicted octanol–water partition coefficient (Wildman–Crippen LogP) is 11.1. The van der Waals surface area contributed by atoms with Crippen LogP contribution in [0.15, 0.2) is 173 Å². The monoisotopic (exact) mass is 1040 g/mol. The van der Waals surface area contributed by atoms with E-state index in [4.69, 9.17) is 42.3 Å². The fourth-order valence-electron chi connectivity index (χ4n) is 8.38. The summed E-state index contributed by atoms with van der Waals surface area (Å²) in [6, 6.07) is 40.8. The van der Waals surface area contributed by atoms with E-state index in [-0.39, 0.29) is 69.1 Å². The Morgan fingerprint density at radius 2 is 0.987 bits per heavy atom. The van der Waals surface area contributed by atoms with Crippen LogP contribution in [-0.2, 0) is 33.3 Å². The normalized spacial score (nSPS) is 16.8. The van der Waals surface area contributed by atoms with Crippen molar-refractivity contribution in [2.45, 2.75) is 95.9 Å². The van der Waals surface area contributed by atoms with Crippen molar-refractivity contribution in [2.75, 3.05) is 6.61 Å². The van der Waals surface area contributed by atoms with Gasteiger partial charge in [-0.3, -0.25) is 14.4 Å². The molecule has 16 heteroatoms. The number of hydrogen-bond donors (Lipinski definition) is 0. The van der Waals surface area contributed by atoms with Gasteiger partial charge in [-0.15, -0.1) is 0 Å². The molecule has 6 aromatic carbocycles. The number of esters is 6. The van der Waals surface area contributed by atoms with Crippen LogP contribution in [0.2, 0.25) is 0 Å². The Morgan fingerprint density at radius 3 is 1.51 bits per heavy atom. The molecule has 0 saturated carbocycles. The fourth-order valence-corrected chi connectivity index (χ4v) is 8.38. The molecule has 396 valence electrons. The van der Waals surface area contributed by atoms with E-state index in [1.54, 1.807) is 97.1 Å². The highest BCUT2D eigenvalue weighted by atomic mass is 16.7. The van der Waals surface area contributed by atoms with Gasteiger partial charge in [-0.25, -0.2) is 19.2 Å². The Balaban J connectivity index is 1.23. The lowest BCUT2D eigenvalue weighted by Gasteiger charge is -2.44. The number of ether oxygens (including phenoxy) is 8. The van der Waals surface area contributed by atoms with Crippen molar-refractivity contribution in [1.82, 2.24) is 0 Å². The molecule has 8 rings (SSSR count). The summed E-state index contributed by atoms with van der Waals surface area (Å²) in [6.07, 6.45) is -2.69. The highest BCUT2D eigenvalue weighted by Gasteiger charge is 2.54. The predicted molar refractivity (Wildman–Crippen MR) is 280 cm³/mol. The minimum atomic E-state index is -1.86. The van der Waals surface area contributed by atoms with Gasteiger partial charge in [-0.1, -0.05) is 124 Å². The molecule has 0 radical (unpaired) electrons. The van der Waals surface area contributed by atoms with E-state index in [1.807, 2.05) is 13.8 Å². The van der Waals surface area contributed by atoms with E-state index in [0.29, 0.717) is 30.6 Å². The molecule has 7 aromatic rings. The molecule has 0 unspecified atom stereocenters. The van der Waals surface area contributed by atoms with E-state index in [0.717, 1.165) is 19.3 Å². The molecule has 1 fully saturated rings. The number of carbonyl (C=O) groups excluding carboxylic acids is 6. The summed E-state index contributed by atoms with van der Waals surface area (Å²) in [5.41, 5.74) is 0.245. The summed E-state index contributed by atoms with van der Waals surface area (Å²) >= 11 is 0. The average molecular weight is 1050 g/mol. The molecule has 77 heavy (non-hydrogen) atoms. The topological polar surface area (TPSA) is 206 Å². The number of fused-ring (bicyclic) bond motifs is 1. The third-order valence-corrected chi connectivity index (χ3v) is 12.4. The molecule has 2 heterocycles. The van der Waals surface area contributed by atoms with Crippen LogP contribution in [0.25, 0.3) is 22.1 Å². The van der Waals surface area contributed by atoms with Crippen LogP contribution in [0.4, 0.5) is 0 Å². The largest absolute Gasteiger partial charge is 0.459 e. The molecule has 0 bridgehead atoms. The van der Waals surface area contributed by atoms with Crippen LogP contribution >= 0.6 is 0 Å². The van der Waals surface area contributed by atoms with Gasteiger partial charge < -0.3 is 42.3 Å². The first kappa shape index (κ1) is 54.4. The molecule has 0 amide bonds. The van der Waals surface area contributed by atoms with Gasteiger partial charge >= 0.3 is 35.8 Å². The molecule has 1 saturated heterocycles. The summed E-state index contributed by atoms with van der Waals surface area (Å²) in [4.78, 5) is 96.6. The zero-order chi connectivity index (χ0) is 54.1. The first-order valence-corrected chi connectivity index (χ1v) is 25.4. The highest BCUT2D eigenvalue weighted by molar-refractivity contribution is 5.93. The molecule has 0 aliphatic carbocycles. The number of carbonyl (C=O) groups is 6. The lowest BCUT2D eigenvalue weighted by atomic mass is 9.97. The second-order valence-corrected chi connectivity index (χ2v) is 18.0. The quantitative estimate of drug-likeness (QED) is 0.0268. The maximum Gasteiger partial charge on any atom is 0.338 e. The van der Waals surface area contributed by atoms with Crippen LogP contribution in [0.5, 0.6) is 17.2 Å². The maximum absolute atomic E-state index is 14.4. The van der Waals surface area contributed by atoms with E-state index in [1.165, 1.54) is 66.9 Å².